The second-order valence-corrected chi connectivity index (χ2v) is 8.71. The highest BCUT2D eigenvalue weighted by Crippen LogP contribution is 2.26. The zero-order chi connectivity index (χ0) is 23.3. The Balaban J connectivity index is 1.71. The Hall–Kier alpha value is -3.43. The van der Waals surface area contributed by atoms with E-state index in [4.69, 9.17) is 11.6 Å². The van der Waals surface area contributed by atoms with Crippen LogP contribution >= 0.6 is 11.6 Å². The molecule has 166 valence electrons. The molecule has 2 N–H and O–H groups in total. The summed E-state index contributed by atoms with van der Waals surface area (Å²) in [6.07, 6.45) is 0. The summed E-state index contributed by atoms with van der Waals surface area (Å²) in [5, 5.41) is 2.80. The number of esters is 1. The van der Waals surface area contributed by atoms with Crippen molar-refractivity contribution in [1.82, 2.24) is 5.32 Å². The highest BCUT2D eigenvalue weighted by atomic mass is 35.5. The van der Waals surface area contributed by atoms with Gasteiger partial charge in [0.1, 0.15) is 5.82 Å². The molecule has 1 amide bonds. The lowest BCUT2D eigenvalue weighted by Gasteiger charge is -2.12. The fraction of sp³-hybridized carbons (Fsp3) is 0.0909. The second-order valence-electron chi connectivity index (χ2n) is 6.63. The molecule has 0 bridgehead atoms. The van der Waals surface area contributed by atoms with Crippen molar-refractivity contribution in [2.24, 2.45) is 0 Å². The van der Waals surface area contributed by atoms with Gasteiger partial charge in [-0.3, -0.25) is 9.52 Å². The fourth-order valence-electron chi connectivity index (χ4n) is 2.72. The minimum Gasteiger partial charge on any atom is -0.465 e. The Bertz CT molecular complexity index is 1250. The summed E-state index contributed by atoms with van der Waals surface area (Å²) in [7, 11) is -2.75. The molecule has 0 heterocycles. The third kappa shape index (κ3) is 5.63. The van der Waals surface area contributed by atoms with Gasteiger partial charge in [-0.1, -0.05) is 23.7 Å². The van der Waals surface area contributed by atoms with Crippen LogP contribution in [-0.4, -0.2) is 27.4 Å². The molecule has 3 aromatic carbocycles. The number of benzene rings is 3. The number of rotatable bonds is 7. The first-order valence-corrected chi connectivity index (χ1v) is 11.1. The summed E-state index contributed by atoms with van der Waals surface area (Å²) >= 11 is 6.09. The number of amides is 1. The summed E-state index contributed by atoms with van der Waals surface area (Å²) in [4.78, 5) is 23.8. The van der Waals surface area contributed by atoms with E-state index in [2.05, 4.69) is 14.8 Å². The van der Waals surface area contributed by atoms with Crippen molar-refractivity contribution >= 4 is 39.2 Å². The predicted molar refractivity (Wildman–Crippen MR) is 118 cm³/mol. The van der Waals surface area contributed by atoms with Crippen molar-refractivity contribution < 1.29 is 27.1 Å². The average Bonchev–Trinajstić information content (AvgIpc) is 2.79. The van der Waals surface area contributed by atoms with Crippen LogP contribution in [0.25, 0.3) is 0 Å². The summed E-state index contributed by atoms with van der Waals surface area (Å²) in [6, 6.07) is 15.0. The van der Waals surface area contributed by atoms with Crippen LogP contribution < -0.4 is 10.0 Å². The third-order valence-corrected chi connectivity index (χ3v) is 6.14. The van der Waals surface area contributed by atoms with Crippen molar-refractivity contribution in [3.63, 3.8) is 0 Å². The monoisotopic (exact) mass is 476 g/mol. The molecule has 3 aromatic rings. The second kappa shape index (κ2) is 9.80. The van der Waals surface area contributed by atoms with Gasteiger partial charge in [0.25, 0.3) is 15.9 Å². The lowest BCUT2D eigenvalue weighted by molar-refractivity contribution is 0.0600. The Morgan fingerprint density at radius 2 is 1.59 bits per heavy atom. The van der Waals surface area contributed by atoms with E-state index in [1.54, 1.807) is 24.3 Å². The molecule has 0 radical (unpaired) electrons. The number of halogens is 2. The van der Waals surface area contributed by atoms with Crippen LogP contribution in [0.5, 0.6) is 0 Å². The summed E-state index contributed by atoms with van der Waals surface area (Å²) in [5.41, 5.74) is 1.32. The van der Waals surface area contributed by atoms with E-state index >= 15 is 0 Å². The molecular formula is C22H18ClFN2O5S. The van der Waals surface area contributed by atoms with Crippen LogP contribution in [0, 0.1) is 5.82 Å². The number of nitrogens with one attached hydrogen (secondary N) is 2. The number of carbonyl (C=O) groups is 2. The van der Waals surface area contributed by atoms with Crippen molar-refractivity contribution in [3.8, 4) is 0 Å². The van der Waals surface area contributed by atoms with Gasteiger partial charge in [0.05, 0.1) is 28.3 Å². The van der Waals surface area contributed by atoms with Gasteiger partial charge in [-0.2, -0.15) is 0 Å². The molecule has 7 nitrogen and oxygen atoms in total. The summed E-state index contributed by atoms with van der Waals surface area (Å²) in [5.74, 6) is -1.49. The Kier molecular flexibility index (Phi) is 7.12. The molecule has 0 spiro atoms. The van der Waals surface area contributed by atoms with Crippen LogP contribution in [0.3, 0.4) is 0 Å². The predicted octanol–water partition coefficient (Wildman–Crippen LogP) is 4.00. The highest BCUT2D eigenvalue weighted by Gasteiger charge is 2.17. The van der Waals surface area contributed by atoms with Crippen LogP contribution in [0.2, 0.25) is 5.02 Å². The standard InChI is InChI=1S/C22H18ClFN2O5S/c1-31-22(28)15-4-2-14(3-5-15)13-25-21(27)16-6-11-19(23)20(12-16)26-32(29,30)18-9-7-17(24)8-10-18/h2-12,26H,13H2,1H3,(H,25,27). The van der Waals surface area contributed by atoms with Gasteiger partial charge in [-0.15, -0.1) is 0 Å². The maximum absolute atomic E-state index is 13.1. The molecule has 0 aliphatic carbocycles. The molecule has 10 heteroatoms. The van der Waals surface area contributed by atoms with Crippen LogP contribution in [-0.2, 0) is 21.3 Å². The van der Waals surface area contributed by atoms with E-state index in [0.717, 1.165) is 29.8 Å². The topological polar surface area (TPSA) is 102 Å². The molecule has 0 unspecified atom stereocenters. The first kappa shape index (κ1) is 23.2. The zero-order valence-corrected chi connectivity index (χ0v) is 18.3. The smallest absolute Gasteiger partial charge is 0.337 e. The molecular weight excluding hydrogens is 459 g/mol. The van der Waals surface area contributed by atoms with Gasteiger partial charge in [0, 0.05) is 12.1 Å². The lowest BCUT2D eigenvalue weighted by atomic mass is 10.1. The van der Waals surface area contributed by atoms with Crippen molar-refractivity contribution in [2.45, 2.75) is 11.4 Å². The van der Waals surface area contributed by atoms with Crippen LogP contribution in [0.15, 0.2) is 71.6 Å². The van der Waals surface area contributed by atoms with Gasteiger partial charge in [-0.25, -0.2) is 17.6 Å². The first-order valence-electron chi connectivity index (χ1n) is 9.23. The number of carbonyl (C=O) groups excluding carboxylic acids is 2. The van der Waals surface area contributed by atoms with Gasteiger partial charge < -0.3 is 10.1 Å². The first-order chi connectivity index (χ1) is 15.2. The largest absolute Gasteiger partial charge is 0.465 e. The molecule has 32 heavy (non-hydrogen) atoms. The maximum Gasteiger partial charge on any atom is 0.337 e. The molecule has 0 aliphatic rings. The molecule has 0 saturated heterocycles. The van der Waals surface area contributed by atoms with E-state index in [1.165, 1.54) is 25.3 Å². The average molecular weight is 477 g/mol. The Morgan fingerprint density at radius 3 is 2.22 bits per heavy atom. The zero-order valence-electron chi connectivity index (χ0n) is 16.8. The quantitative estimate of drug-likeness (QED) is 0.502. The lowest BCUT2D eigenvalue weighted by Crippen LogP contribution is -2.23. The van der Waals surface area contributed by atoms with Gasteiger partial charge >= 0.3 is 5.97 Å². The summed E-state index contributed by atoms with van der Waals surface area (Å²) in [6.45, 7) is 0.180. The van der Waals surface area contributed by atoms with E-state index in [-0.39, 0.29) is 27.7 Å². The van der Waals surface area contributed by atoms with Gasteiger partial charge in [-0.05, 0) is 60.2 Å². The van der Waals surface area contributed by atoms with E-state index in [1.807, 2.05) is 0 Å². The minimum absolute atomic E-state index is 0.00562. The van der Waals surface area contributed by atoms with Crippen LogP contribution in [0.1, 0.15) is 26.3 Å². The molecule has 0 aliphatic heterocycles. The maximum atomic E-state index is 13.1. The molecule has 0 fully saturated rings. The van der Waals surface area contributed by atoms with E-state index in [0.29, 0.717) is 5.56 Å². The Labute approximate surface area is 189 Å². The fourth-order valence-corrected chi connectivity index (χ4v) is 4.01. The van der Waals surface area contributed by atoms with Gasteiger partial charge in [0.2, 0.25) is 0 Å². The van der Waals surface area contributed by atoms with Crippen molar-refractivity contribution in [3.05, 3.63) is 94.3 Å². The number of ether oxygens (including phenoxy) is 1. The van der Waals surface area contributed by atoms with Crippen molar-refractivity contribution in [1.29, 1.82) is 0 Å². The number of hydrogen-bond acceptors (Lipinski definition) is 5. The Morgan fingerprint density at radius 1 is 0.969 bits per heavy atom. The number of sulfonamides is 1. The third-order valence-electron chi connectivity index (χ3n) is 4.42. The van der Waals surface area contributed by atoms with E-state index < -0.39 is 27.7 Å². The highest BCUT2D eigenvalue weighted by molar-refractivity contribution is 7.92. The van der Waals surface area contributed by atoms with Crippen molar-refractivity contribution in [2.75, 3.05) is 11.8 Å². The molecule has 0 atom stereocenters. The molecule has 0 aromatic heterocycles. The normalized spacial score (nSPS) is 11.0. The number of methoxy groups -OCH3 is 1. The van der Waals surface area contributed by atoms with Crippen LogP contribution in [0.4, 0.5) is 10.1 Å². The van der Waals surface area contributed by atoms with E-state index in [9.17, 15) is 22.4 Å². The molecule has 3 rings (SSSR count). The molecule has 0 saturated carbocycles. The minimum atomic E-state index is -4.03. The number of hydrogen-bond donors (Lipinski definition) is 2. The number of anilines is 1. The summed E-state index contributed by atoms with van der Waals surface area (Å²) < 4.78 is 45.1. The van der Waals surface area contributed by atoms with Gasteiger partial charge in [0.15, 0.2) is 0 Å². The SMILES string of the molecule is COC(=O)c1ccc(CNC(=O)c2ccc(Cl)c(NS(=O)(=O)c3ccc(F)cc3)c2)cc1.